The van der Waals surface area contributed by atoms with Crippen molar-refractivity contribution in [3.8, 4) is 22.3 Å². The van der Waals surface area contributed by atoms with Crippen molar-refractivity contribution in [1.82, 2.24) is 15.0 Å². The van der Waals surface area contributed by atoms with Crippen LogP contribution < -0.4 is 75.1 Å². The van der Waals surface area contributed by atoms with Crippen molar-refractivity contribution in [2.45, 2.75) is 75.5 Å². The molecule has 4 atom stereocenters. The van der Waals surface area contributed by atoms with Gasteiger partial charge in [0, 0.05) is 71.5 Å². The second-order valence-corrected chi connectivity index (χ2v) is 42.2. The number of nitrogens with zero attached hydrogens (tertiary/aromatic N) is 3. The number of nitrogens with two attached hydrogens (primary N) is 2. The molecule has 16 aromatic carbocycles. The van der Waals surface area contributed by atoms with Crippen LogP contribution >= 0.6 is 51.1 Å². The molecule has 6 N–H and O–H groups in total. The topological polar surface area (TPSA) is 138 Å². The second kappa shape index (κ2) is 59.0. The number of rotatable bonds is 14. The van der Waals surface area contributed by atoms with Crippen LogP contribution in [0.3, 0.4) is 0 Å². The van der Waals surface area contributed by atoms with Gasteiger partial charge in [0.25, 0.3) is 0 Å². The van der Waals surface area contributed by atoms with Crippen LogP contribution in [-0.2, 0) is 34.6 Å². The normalized spacial score (nSPS) is 14.0. The Kier molecular flexibility index (Phi) is 46.1. The van der Waals surface area contributed by atoms with Crippen LogP contribution in [0.1, 0.15) is 51.4 Å². The largest absolute Gasteiger partial charge is 0.676 e. The van der Waals surface area contributed by atoms with Crippen LogP contribution in [0.4, 0.5) is 34.5 Å². The molecule has 0 saturated heterocycles. The van der Waals surface area contributed by atoms with E-state index in [1.165, 1.54) is 155 Å². The fraction of sp³-hybridized carbons (Fsp3) is 0.104. The fourth-order valence-electron chi connectivity index (χ4n) is 17.0. The number of aromatic nitrogens is 3. The summed E-state index contributed by atoms with van der Waals surface area (Å²) in [5, 5.41) is 27.3. The summed E-state index contributed by atoms with van der Waals surface area (Å²) < 4.78 is 78.0. The van der Waals surface area contributed by atoms with E-state index in [1.807, 2.05) is 89.2 Å². The molecular formula is C115H109B2Cl2F8N7P4Ru2+3. The quantitative estimate of drug-likeness (QED) is 0.0634. The summed E-state index contributed by atoms with van der Waals surface area (Å²) in [6.45, 7) is 0. The number of benzene rings is 16. The first-order valence-corrected chi connectivity index (χ1v) is 56.3. The Labute approximate surface area is 850 Å². The number of nitrogens with one attached hydrogen (secondary N) is 2. The first-order valence-electron chi connectivity index (χ1n) is 45.8. The van der Waals surface area contributed by atoms with Gasteiger partial charge in [-0.3, -0.25) is 15.0 Å². The van der Waals surface area contributed by atoms with Crippen molar-refractivity contribution in [2.24, 2.45) is 11.5 Å². The van der Waals surface area contributed by atoms with Gasteiger partial charge in [0.05, 0.1) is 31.7 Å². The van der Waals surface area contributed by atoms with Gasteiger partial charge in [0.2, 0.25) is 0 Å². The first kappa shape index (κ1) is 109. The van der Waals surface area contributed by atoms with Crippen molar-refractivity contribution in [1.29, 1.82) is 0 Å². The Balaban J connectivity index is 0.000000182. The summed E-state index contributed by atoms with van der Waals surface area (Å²) in [6.07, 6.45) is 19.5. The number of fused-ring (bicyclic) bond motifs is 4. The van der Waals surface area contributed by atoms with Crippen LogP contribution in [0, 0.1) is 0 Å². The zero-order valence-corrected chi connectivity index (χ0v) is 85.7. The zero-order chi connectivity index (χ0) is 99.1. The standard InChI is InChI=1S/2C44H32P2.C6H14N2.C6H12N2.3C5H5N.2BF4.2ClH.2Ru/c2*1-5-19-35(20-6-1)45(36-21-7-2-8-22-36)41-31-29-33-17-13-15-27-39(33)43(41)44-40-28-16-14-18-34(40)30-32-42(44)46(37-23-9-3-10-24-37)38-25-11-4-12-26-38;2*7-5-3-1-2-4-6(5)8;3*1-2-4-6-5-3-1;2*2-1(3,4)5;;;;/h2*1-32H;5-6H,1-4,7-8H2;5-8H,1-4H2;3*1-5H;;;2*1H;;/q;;;-2;;;;2*-1;;;+2;+3/p+2/t;;2*5-,6-;;;;;;;;;/m..11........./s1. The predicted molar refractivity (Wildman–Crippen MR) is 588 cm³/mol. The summed E-state index contributed by atoms with van der Waals surface area (Å²) in [5.74, 6) is 0. The van der Waals surface area contributed by atoms with E-state index in [9.17, 15) is 34.5 Å². The van der Waals surface area contributed by atoms with Crippen LogP contribution in [0.15, 0.2) is 480 Å². The van der Waals surface area contributed by atoms with E-state index >= 15 is 0 Å². The van der Waals surface area contributed by atoms with Crippen LogP contribution in [-0.4, -0.2) is 53.6 Å². The van der Waals surface area contributed by atoms with E-state index in [1.54, 1.807) is 37.2 Å². The molecule has 3 heterocycles. The molecule has 140 heavy (non-hydrogen) atoms. The third kappa shape index (κ3) is 33.6. The van der Waals surface area contributed by atoms with Crippen molar-refractivity contribution < 1.29 is 69.1 Å². The number of hydrogen-bond donors (Lipinski definition) is 2. The monoisotopic (exact) mass is 2160 g/mol. The third-order valence-electron chi connectivity index (χ3n) is 23.1. The van der Waals surface area contributed by atoms with E-state index in [4.69, 9.17) is 22.9 Å². The molecule has 3 aromatic heterocycles. The molecule has 0 spiro atoms. The minimum atomic E-state index is -6.00. The van der Waals surface area contributed by atoms with Gasteiger partial charge in [-0.15, -0.1) is 0 Å². The van der Waals surface area contributed by atoms with Gasteiger partial charge in [-0.1, -0.05) is 324 Å². The predicted octanol–water partition coefficient (Wildman–Crippen LogP) is 27.1. The molecule has 2 saturated carbocycles. The summed E-state index contributed by atoms with van der Waals surface area (Å²) in [4.78, 5) is 11.4. The molecule has 19 aromatic rings. The van der Waals surface area contributed by atoms with Crippen molar-refractivity contribution >= 4 is 172 Å². The maximum Gasteiger partial charge on any atom is 0.111 e. The van der Waals surface area contributed by atoms with Gasteiger partial charge >= 0.3 is 68.5 Å². The summed E-state index contributed by atoms with van der Waals surface area (Å²) >= 11 is 3.64. The van der Waals surface area contributed by atoms with Crippen molar-refractivity contribution in [3.05, 3.63) is 491 Å². The van der Waals surface area contributed by atoms with Crippen LogP contribution in [0.25, 0.3) is 76.8 Å². The molecule has 0 aliphatic heterocycles. The van der Waals surface area contributed by atoms with E-state index < -0.39 is 46.2 Å². The number of halogens is 10. The molecule has 713 valence electrons. The molecule has 0 radical (unpaired) electrons. The molecule has 7 nitrogen and oxygen atoms in total. The molecule has 0 amide bonds. The molecule has 2 aliphatic carbocycles. The molecule has 2 fully saturated rings. The third-order valence-corrected chi connectivity index (χ3v) is 34.2. The van der Waals surface area contributed by atoms with Gasteiger partial charge in [-0.25, -0.2) is 0 Å². The van der Waals surface area contributed by atoms with Gasteiger partial charge < -0.3 is 57.5 Å². The SMILES string of the molecule is F[B-](F)(F)F.F[B-](F)(F)F.N[C@@H]1CCCC[C@H]1N.[Cl][Ru+2].[Cl][Ru+].[NH-][C@@H]1CCCC[C@H]1[NH-].c1ccc([PH+](c2ccccc2)c2ccc3ccccc3c2-c2c([PH+](c3ccccc3)c3ccccc3)ccc3ccccc23)cc1.c1ccc([PH+](c2ccccc2)c2ccc3ccccc3c2-c2c([PH+](c3ccccc3)c3ccccc3)ccc3ccccc23)cc1.c1ccncc1.c1ccncc1.c1ccncc1. The minimum absolute atomic E-state index is 0.0799. The maximum absolute atomic E-state index is 9.75. The zero-order valence-electron chi connectivity index (χ0n) is 76.7. The second-order valence-electron chi connectivity index (χ2n) is 32.4. The number of pyridine rings is 3. The summed E-state index contributed by atoms with van der Waals surface area (Å²) in [5.41, 5.74) is 31.4. The smallest absolute Gasteiger partial charge is 0.111 e. The van der Waals surface area contributed by atoms with Gasteiger partial charge in [-0.2, -0.15) is 12.1 Å². The first-order chi connectivity index (χ1) is 68.3. The molecule has 0 bridgehead atoms. The Morgan fingerprint density at radius 3 is 0.529 bits per heavy atom. The minimum Gasteiger partial charge on any atom is -0.676 e. The molecule has 25 heteroatoms. The Hall–Kier alpha value is -11.0. The fourth-order valence-corrected chi connectivity index (χ4v) is 28.1. The molecule has 21 rings (SSSR count). The Morgan fingerprint density at radius 1 is 0.236 bits per heavy atom. The van der Waals surface area contributed by atoms with E-state index in [0.29, 0.717) is 0 Å². The van der Waals surface area contributed by atoms with Crippen LogP contribution in [0.5, 0.6) is 0 Å². The van der Waals surface area contributed by atoms with Gasteiger partial charge in [-0.05, 0) is 214 Å². The number of hydrogen-bond acceptors (Lipinski definition) is 5. The average Bonchev–Trinajstić information content (AvgIpc) is 0.734. The maximum atomic E-state index is 9.75. The van der Waals surface area contributed by atoms with Crippen LogP contribution in [0.2, 0.25) is 0 Å². The van der Waals surface area contributed by atoms with Gasteiger partial charge in [0.1, 0.15) is 63.7 Å². The van der Waals surface area contributed by atoms with Crippen molar-refractivity contribution in [2.75, 3.05) is 0 Å². The summed E-state index contributed by atoms with van der Waals surface area (Å²) in [7, 11) is -8.35. The average molecular weight is 2160 g/mol. The van der Waals surface area contributed by atoms with E-state index in [2.05, 4.69) is 423 Å². The van der Waals surface area contributed by atoms with E-state index in [0.717, 1.165) is 25.7 Å². The van der Waals surface area contributed by atoms with Crippen molar-refractivity contribution in [3.63, 3.8) is 0 Å². The Bertz CT molecular complexity index is 5720. The summed E-state index contributed by atoms with van der Waals surface area (Å²) in [6, 6.07) is 162. The molecule has 2 aliphatic rings. The Morgan fingerprint density at radius 2 is 0.386 bits per heavy atom. The molecular weight excluding hydrogens is 2050 g/mol. The van der Waals surface area contributed by atoms with Gasteiger partial charge in [0.15, 0.2) is 0 Å². The van der Waals surface area contributed by atoms with E-state index in [-0.39, 0.29) is 24.2 Å². The molecule has 0 unspecified atom stereocenters.